The van der Waals surface area contributed by atoms with Gasteiger partial charge in [0.15, 0.2) is 0 Å². The second-order valence-electron chi connectivity index (χ2n) is 3.67. The molecule has 76 valence electrons. The predicted molar refractivity (Wildman–Crippen MR) is 66.1 cm³/mol. The summed E-state index contributed by atoms with van der Waals surface area (Å²) in [7, 11) is 2.02. The normalized spacial score (nSPS) is 25.1. The summed E-state index contributed by atoms with van der Waals surface area (Å²) in [5.74, 6) is 0.650. The first-order valence-corrected chi connectivity index (χ1v) is 6.50. The van der Waals surface area contributed by atoms with Crippen molar-refractivity contribution < 1.29 is 0 Å². The highest BCUT2D eigenvalue weighted by Gasteiger charge is 2.29. The maximum atomic E-state index is 3.53. The van der Waals surface area contributed by atoms with Crippen LogP contribution >= 0.6 is 27.7 Å². The van der Waals surface area contributed by atoms with Gasteiger partial charge in [-0.25, -0.2) is 0 Å². The number of benzene rings is 1. The molecule has 0 bridgehead atoms. The summed E-state index contributed by atoms with van der Waals surface area (Å²) in [6, 6.07) is 6.60. The van der Waals surface area contributed by atoms with Crippen LogP contribution in [0, 0.1) is 0 Å². The molecule has 14 heavy (non-hydrogen) atoms. The highest BCUT2D eigenvalue weighted by Crippen LogP contribution is 2.45. The van der Waals surface area contributed by atoms with Crippen LogP contribution in [0.15, 0.2) is 27.6 Å². The van der Waals surface area contributed by atoms with E-state index in [1.54, 1.807) is 0 Å². The van der Waals surface area contributed by atoms with Crippen LogP contribution < -0.4 is 5.32 Å². The number of thioether (sulfide) groups is 1. The van der Waals surface area contributed by atoms with E-state index in [1.165, 1.54) is 14.9 Å². The predicted octanol–water partition coefficient (Wildman–Crippen LogP) is 3.25. The van der Waals surface area contributed by atoms with Crippen molar-refractivity contribution in [3.63, 3.8) is 0 Å². The molecule has 0 spiro atoms. The molecule has 0 aliphatic carbocycles. The monoisotopic (exact) mass is 271 g/mol. The van der Waals surface area contributed by atoms with Crippen LogP contribution in [-0.2, 0) is 0 Å². The molecule has 0 amide bonds. The lowest BCUT2D eigenvalue weighted by Crippen LogP contribution is -2.21. The van der Waals surface area contributed by atoms with Gasteiger partial charge >= 0.3 is 0 Å². The Labute approximate surface area is 97.8 Å². The first kappa shape index (κ1) is 10.5. The summed E-state index contributed by atoms with van der Waals surface area (Å²) in [4.78, 5) is 1.45. The summed E-state index contributed by atoms with van der Waals surface area (Å²) in [5.41, 5.74) is 1.49. The van der Waals surface area contributed by atoms with E-state index in [9.17, 15) is 0 Å². The first-order valence-electron chi connectivity index (χ1n) is 4.83. The SMILES string of the molecule is CNCC1c2cc(Br)ccc2SC1C. The van der Waals surface area contributed by atoms with Gasteiger partial charge in [0.25, 0.3) is 0 Å². The summed E-state index contributed by atoms with van der Waals surface area (Å²) < 4.78 is 1.19. The van der Waals surface area contributed by atoms with Gasteiger partial charge in [0.2, 0.25) is 0 Å². The molecule has 0 saturated carbocycles. The summed E-state index contributed by atoms with van der Waals surface area (Å²) in [5, 5.41) is 3.96. The minimum absolute atomic E-state index is 0.650. The van der Waals surface area contributed by atoms with Crippen molar-refractivity contribution in [3.05, 3.63) is 28.2 Å². The van der Waals surface area contributed by atoms with Gasteiger partial charge in [0.1, 0.15) is 0 Å². The Kier molecular flexibility index (Phi) is 3.20. The van der Waals surface area contributed by atoms with Crippen molar-refractivity contribution in [2.24, 2.45) is 0 Å². The smallest absolute Gasteiger partial charge is 0.0178 e. The van der Waals surface area contributed by atoms with Crippen molar-refractivity contribution in [1.29, 1.82) is 0 Å². The molecule has 1 N–H and O–H groups in total. The van der Waals surface area contributed by atoms with Crippen LogP contribution in [0.4, 0.5) is 0 Å². The molecule has 3 heteroatoms. The number of fused-ring (bicyclic) bond motifs is 1. The molecule has 1 heterocycles. The highest BCUT2D eigenvalue weighted by molar-refractivity contribution is 9.10. The van der Waals surface area contributed by atoms with Gasteiger partial charge < -0.3 is 5.32 Å². The number of hydrogen-bond donors (Lipinski definition) is 1. The lowest BCUT2D eigenvalue weighted by Gasteiger charge is -2.14. The molecule has 0 fully saturated rings. The number of nitrogens with one attached hydrogen (secondary N) is 1. The summed E-state index contributed by atoms with van der Waals surface area (Å²) >= 11 is 5.52. The van der Waals surface area contributed by atoms with Crippen LogP contribution in [0.1, 0.15) is 18.4 Å². The number of hydrogen-bond acceptors (Lipinski definition) is 2. The van der Waals surface area contributed by atoms with E-state index in [-0.39, 0.29) is 0 Å². The molecule has 1 aromatic carbocycles. The van der Waals surface area contributed by atoms with Gasteiger partial charge in [0, 0.05) is 27.1 Å². The molecular weight excluding hydrogens is 258 g/mol. The zero-order valence-corrected chi connectivity index (χ0v) is 10.8. The van der Waals surface area contributed by atoms with E-state index in [4.69, 9.17) is 0 Å². The van der Waals surface area contributed by atoms with Crippen molar-refractivity contribution in [2.75, 3.05) is 13.6 Å². The number of rotatable bonds is 2. The van der Waals surface area contributed by atoms with E-state index >= 15 is 0 Å². The van der Waals surface area contributed by atoms with E-state index in [1.807, 2.05) is 18.8 Å². The third-order valence-electron chi connectivity index (χ3n) is 2.67. The number of halogens is 1. The molecule has 0 saturated heterocycles. The van der Waals surface area contributed by atoms with E-state index in [0.717, 1.165) is 6.54 Å². The van der Waals surface area contributed by atoms with Crippen molar-refractivity contribution in [2.45, 2.75) is 23.0 Å². The molecule has 2 unspecified atom stereocenters. The first-order chi connectivity index (χ1) is 6.72. The maximum absolute atomic E-state index is 3.53. The quantitative estimate of drug-likeness (QED) is 0.887. The maximum Gasteiger partial charge on any atom is 0.0178 e. The van der Waals surface area contributed by atoms with Gasteiger partial charge in [0.05, 0.1) is 0 Å². The fraction of sp³-hybridized carbons (Fsp3) is 0.455. The molecular formula is C11H14BrNS. The third kappa shape index (κ3) is 1.86. The van der Waals surface area contributed by atoms with Crippen LogP contribution in [0.2, 0.25) is 0 Å². The van der Waals surface area contributed by atoms with Crippen LogP contribution in [0.25, 0.3) is 0 Å². The topological polar surface area (TPSA) is 12.0 Å². The van der Waals surface area contributed by atoms with E-state index in [2.05, 4.69) is 46.4 Å². The molecule has 1 aliphatic heterocycles. The van der Waals surface area contributed by atoms with Crippen molar-refractivity contribution >= 4 is 27.7 Å². The van der Waals surface area contributed by atoms with Gasteiger partial charge in [-0.05, 0) is 30.8 Å². The summed E-state index contributed by atoms with van der Waals surface area (Å²) in [6.45, 7) is 3.37. The van der Waals surface area contributed by atoms with Gasteiger partial charge in [-0.15, -0.1) is 11.8 Å². The molecule has 1 aromatic rings. The largest absolute Gasteiger partial charge is 0.319 e. The molecule has 2 atom stereocenters. The Hall–Kier alpha value is 0.01000. The Morgan fingerprint density at radius 1 is 1.50 bits per heavy atom. The Bertz CT molecular complexity index is 340. The van der Waals surface area contributed by atoms with Crippen LogP contribution in [0.5, 0.6) is 0 Å². The summed E-state index contributed by atoms with van der Waals surface area (Å²) in [6.07, 6.45) is 0. The van der Waals surface area contributed by atoms with Gasteiger partial charge in [-0.2, -0.15) is 0 Å². The van der Waals surface area contributed by atoms with Crippen LogP contribution in [0.3, 0.4) is 0 Å². The zero-order chi connectivity index (χ0) is 10.1. The average Bonchev–Trinajstić information content (AvgIpc) is 2.45. The molecule has 1 nitrogen and oxygen atoms in total. The van der Waals surface area contributed by atoms with Crippen molar-refractivity contribution in [1.82, 2.24) is 5.32 Å². The molecule has 2 rings (SSSR count). The minimum atomic E-state index is 0.650. The molecule has 0 aromatic heterocycles. The molecule has 1 aliphatic rings. The van der Waals surface area contributed by atoms with Crippen LogP contribution in [-0.4, -0.2) is 18.8 Å². The third-order valence-corrected chi connectivity index (χ3v) is 4.49. The van der Waals surface area contributed by atoms with Gasteiger partial charge in [-0.3, -0.25) is 0 Å². The number of likely N-dealkylation sites (N-methyl/N-ethyl adjacent to an activating group) is 1. The lowest BCUT2D eigenvalue weighted by atomic mass is 9.97. The van der Waals surface area contributed by atoms with Gasteiger partial charge in [-0.1, -0.05) is 22.9 Å². The lowest BCUT2D eigenvalue weighted by molar-refractivity contribution is 0.628. The average molecular weight is 272 g/mol. The van der Waals surface area contributed by atoms with E-state index in [0.29, 0.717) is 11.2 Å². The fourth-order valence-corrected chi connectivity index (χ4v) is 3.63. The Morgan fingerprint density at radius 2 is 2.29 bits per heavy atom. The Balaban J connectivity index is 2.34. The van der Waals surface area contributed by atoms with E-state index < -0.39 is 0 Å². The fourth-order valence-electron chi connectivity index (χ4n) is 1.95. The second-order valence-corrected chi connectivity index (χ2v) is 6.00. The standard InChI is InChI=1S/C11H14BrNS/c1-7-10(6-13-2)9-5-8(12)3-4-11(9)14-7/h3-5,7,10,13H,6H2,1-2H3. The second kappa shape index (κ2) is 4.25. The van der Waals surface area contributed by atoms with Crippen molar-refractivity contribution in [3.8, 4) is 0 Å². The highest BCUT2D eigenvalue weighted by atomic mass is 79.9. The minimum Gasteiger partial charge on any atom is -0.319 e. The zero-order valence-electron chi connectivity index (χ0n) is 8.38. The Morgan fingerprint density at radius 3 is 3.00 bits per heavy atom. The molecule has 0 radical (unpaired) electrons.